The molecule has 3 N–H and O–H groups in total. The first-order valence-corrected chi connectivity index (χ1v) is 10.3. The second-order valence-corrected chi connectivity index (χ2v) is 9.31. The number of amides is 2. The van der Waals surface area contributed by atoms with Gasteiger partial charge >= 0.3 is 5.97 Å². The Morgan fingerprint density at radius 2 is 1.65 bits per heavy atom. The molecule has 0 aliphatic carbocycles. The first-order chi connectivity index (χ1) is 14.6. The average molecular weight is 422 g/mol. The smallest absolute Gasteiger partial charge is 0.325 e. The number of para-hydroxylation sites is 1. The highest BCUT2D eigenvalue weighted by Gasteiger charge is 2.69. The summed E-state index contributed by atoms with van der Waals surface area (Å²) in [5.41, 5.74) is -1.33. The lowest BCUT2D eigenvalue weighted by Crippen LogP contribution is -2.58. The molecule has 2 saturated heterocycles. The van der Waals surface area contributed by atoms with E-state index in [-0.39, 0.29) is 12.2 Å². The first-order valence-electron chi connectivity index (χ1n) is 10.3. The normalized spacial score (nSPS) is 28.1. The van der Waals surface area contributed by atoms with Crippen LogP contribution in [-0.4, -0.2) is 44.0 Å². The minimum absolute atomic E-state index is 0.0332. The minimum atomic E-state index is -1.69. The maximum atomic E-state index is 13.6. The lowest BCUT2D eigenvalue weighted by molar-refractivity contribution is -0.153. The van der Waals surface area contributed by atoms with E-state index in [9.17, 15) is 24.6 Å². The van der Waals surface area contributed by atoms with Gasteiger partial charge in [-0.15, -0.1) is 0 Å². The Morgan fingerprint density at radius 3 is 2.23 bits per heavy atom. The number of phenolic OH excluding ortho intramolecular Hbond substituents is 1. The van der Waals surface area contributed by atoms with Crippen LogP contribution in [0.5, 0.6) is 5.75 Å². The lowest BCUT2D eigenvalue weighted by atomic mass is 9.76. The number of imide groups is 1. The van der Waals surface area contributed by atoms with E-state index in [0.29, 0.717) is 5.56 Å². The number of carboxylic acids is 1. The maximum absolute atomic E-state index is 13.6. The van der Waals surface area contributed by atoms with Gasteiger partial charge in [-0.1, -0.05) is 48.5 Å². The Morgan fingerprint density at radius 1 is 1.03 bits per heavy atom. The predicted octanol–water partition coefficient (Wildman–Crippen LogP) is 2.50. The van der Waals surface area contributed by atoms with E-state index >= 15 is 0 Å². The van der Waals surface area contributed by atoms with Crippen molar-refractivity contribution in [2.24, 2.45) is 11.8 Å². The summed E-state index contributed by atoms with van der Waals surface area (Å²) in [5, 5.41) is 24.0. The number of aliphatic carboxylic acids is 1. The summed E-state index contributed by atoms with van der Waals surface area (Å²) in [6, 6.07) is 14.8. The molecule has 2 aromatic carbocycles. The van der Waals surface area contributed by atoms with Crippen LogP contribution in [0.25, 0.3) is 0 Å². The zero-order valence-corrected chi connectivity index (χ0v) is 17.7. The van der Waals surface area contributed by atoms with Crippen LogP contribution in [0.2, 0.25) is 0 Å². The van der Waals surface area contributed by atoms with Gasteiger partial charge in [-0.05, 0) is 32.4 Å². The number of phenols is 1. The van der Waals surface area contributed by atoms with E-state index in [2.05, 4.69) is 5.32 Å². The largest absolute Gasteiger partial charge is 0.508 e. The van der Waals surface area contributed by atoms with E-state index in [1.54, 1.807) is 63.2 Å². The highest BCUT2D eigenvalue weighted by molar-refractivity contribution is 6.10. The number of hydrogen-bond acceptors (Lipinski definition) is 5. The van der Waals surface area contributed by atoms with Crippen LogP contribution in [0.3, 0.4) is 0 Å². The SMILES string of the molecule is CC(C)(C)N1C(=O)C2C(c3ccccc3O)NC(Cc3ccccc3)(C(=O)O)C2C1=O. The predicted molar refractivity (Wildman–Crippen MR) is 113 cm³/mol. The molecule has 0 saturated carbocycles. The minimum Gasteiger partial charge on any atom is -0.508 e. The maximum Gasteiger partial charge on any atom is 0.325 e. The number of likely N-dealkylation sites (tertiary alicyclic amines) is 1. The number of rotatable bonds is 4. The molecule has 0 bridgehead atoms. The fourth-order valence-electron chi connectivity index (χ4n) is 5.03. The van der Waals surface area contributed by atoms with Gasteiger partial charge in [0.25, 0.3) is 0 Å². The van der Waals surface area contributed by atoms with Crippen LogP contribution in [0.4, 0.5) is 0 Å². The second-order valence-electron chi connectivity index (χ2n) is 9.31. The van der Waals surface area contributed by atoms with Crippen molar-refractivity contribution in [3.8, 4) is 5.75 Å². The summed E-state index contributed by atoms with van der Waals surface area (Å²) in [4.78, 5) is 41.0. The van der Waals surface area contributed by atoms with Crippen LogP contribution >= 0.6 is 0 Å². The molecule has 2 heterocycles. The number of carbonyl (C=O) groups is 3. The number of fused-ring (bicyclic) bond motifs is 1. The number of carbonyl (C=O) groups excluding carboxylic acids is 2. The van der Waals surface area contributed by atoms with Crippen molar-refractivity contribution in [1.82, 2.24) is 10.2 Å². The zero-order chi connectivity index (χ0) is 22.6. The Hall–Kier alpha value is -3.19. The van der Waals surface area contributed by atoms with E-state index in [0.717, 1.165) is 5.56 Å². The molecule has 4 unspecified atom stereocenters. The second kappa shape index (κ2) is 7.20. The van der Waals surface area contributed by atoms with Crippen molar-refractivity contribution < 1.29 is 24.6 Å². The van der Waals surface area contributed by atoms with Gasteiger partial charge in [0.2, 0.25) is 11.8 Å². The number of carboxylic acid groups (broad SMARTS) is 1. The van der Waals surface area contributed by atoms with Gasteiger partial charge < -0.3 is 10.2 Å². The number of hydrogen-bond donors (Lipinski definition) is 3. The van der Waals surface area contributed by atoms with E-state index < -0.39 is 46.7 Å². The number of nitrogens with one attached hydrogen (secondary N) is 1. The summed E-state index contributed by atoms with van der Waals surface area (Å²) in [7, 11) is 0. The van der Waals surface area contributed by atoms with E-state index in [1.165, 1.54) is 11.0 Å². The Kier molecular flexibility index (Phi) is 4.89. The van der Waals surface area contributed by atoms with Gasteiger partial charge in [-0.25, -0.2) is 0 Å². The highest BCUT2D eigenvalue weighted by Crippen LogP contribution is 2.52. The van der Waals surface area contributed by atoms with Crippen molar-refractivity contribution in [2.75, 3.05) is 0 Å². The Bertz CT molecular complexity index is 1050. The van der Waals surface area contributed by atoms with Gasteiger partial charge in [0.1, 0.15) is 11.3 Å². The van der Waals surface area contributed by atoms with Crippen molar-refractivity contribution in [1.29, 1.82) is 0 Å². The quantitative estimate of drug-likeness (QED) is 0.654. The molecule has 7 nitrogen and oxygen atoms in total. The van der Waals surface area contributed by atoms with Gasteiger partial charge in [-0.2, -0.15) is 0 Å². The van der Waals surface area contributed by atoms with Crippen molar-refractivity contribution in [3.63, 3.8) is 0 Å². The first kappa shape index (κ1) is 21.1. The highest BCUT2D eigenvalue weighted by atomic mass is 16.4. The summed E-state index contributed by atoms with van der Waals surface area (Å²) < 4.78 is 0. The van der Waals surface area contributed by atoms with E-state index in [4.69, 9.17) is 0 Å². The average Bonchev–Trinajstić information content (AvgIpc) is 3.17. The Balaban J connectivity index is 1.90. The molecular weight excluding hydrogens is 396 g/mol. The molecule has 0 radical (unpaired) electrons. The molecule has 2 aliphatic rings. The molecule has 4 atom stereocenters. The summed E-state index contributed by atoms with van der Waals surface area (Å²) in [6.45, 7) is 5.27. The Labute approximate surface area is 180 Å². The molecule has 0 aromatic heterocycles. The van der Waals surface area contributed by atoms with Gasteiger partial charge in [-0.3, -0.25) is 24.6 Å². The van der Waals surface area contributed by atoms with Crippen molar-refractivity contribution >= 4 is 17.8 Å². The molecule has 0 spiro atoms. The monoisotopic (exact) mass is 422 g/mol. The number of aromatic hydroxyl groups is 1. The standard InChI is InChI=1S/C24H26N2O5/c1-23(2,3)26-20(28)17-18(21(26)29)24(22(30)31,13-14-9-5-4-6-10-14)25-19(17)15-11-7-8-12-16(15)27/h4-12,17-19,25,27H,13H2,1-3H3,(H,30,31). The molecule has 4 rings (SSSR count). The fourth-order valence-corrected chi connectivity index (χ4v) is 5.03. The van der Waals surface area contributed by atoms with Crippen LogP contribution in [0, 0.1) is 11.8 Å². The summed E-state index contributed by atoms with van der Waals surface area (Å²) in [5.74, 6) is -4.18. The third kappa shape index (κ3) is 3.20. The number of nitrogens with zero attached hydrogens (tertiary/aromatic N) is 1. The molecule has 2 amide bonds. The molecule has 162 valence electrons. The van der Waals surface area contributed by atoms with Crippen LogP contribution in [0.1, 0.15) is 37.9 Å². The third-order valence-electron chi connectivity index (χ3n) is 6.30. The summed E-state index contributed by atoms with van der Waals surface area (Å²) in [6.07, 6.45) is 0.0332. The van der Waals surface area contributed by atoms with Crippen LogP contribution in [-0.2, 0) is 20.8 Å². The topological polar surface area (TPSA) is 107 Å². The number of benzene rings is 2. The van der Waals surface area contributed by atoms with Gasteiger partial charge in [0.15, 0.2) is 0 Å². The molecule has 2 aliphatic heterocycles. The van der Waals surface area contributed by atoms with Crippen LogP contribution < -0.4 is 5.32 Å². The molecular formula is C24H26N2O5. The third-order valence-corrected chi connectivity index (χ3v) is 6.30. The van der Waals surface area contributed by atoms with E-state index in [1.807, 2.05) is 6.07 Å². The van der Waals surface area contributed by atoms with Crippen LogP contribution in [0.15, 0.2) is 54.6 Å². The fraction of sp³-hybridized carbons (Fsp3) is 0.375. The lowest BCUT2D eigenvalue weighted by Gasteiger charge is -2.35. The van der Waals surface area contributed by atoms with Gasteiger partial charge in [0.05, 0.1) is 11.8 Å². The molecule has 2 aromatic rings. The molecule has 7 heteroatoms. The zero-order valence-electron chi connectivity index (χ0n) is 17.7. The summed E-state index contributed by atoms with van der Waals surface area (Å²) >= 11 is 0. The van der Waals surface area contributed by atoms with Gasteiger partial charge in [0, 0.05) is 23.6 Å². The molecule has 2 fully saturated rings. The molecule has 31 heavy (non-hydrogen) atoms. The van der Waals surface area contributed by atoms with Crippen molar-refractivity contribution in [3.05, 3.63) is 65.7 Å². The van der Waals surface area contributed by atoms with Crippen molar-refractivity contribution in [2.45, 2.75) is 44.3 Å².